The Morgan fingerprint density at radius 1 is 1.16 bits per heavy atom. The van der Waals surface area contributed by atoms with E-state index in [0.717, 1.165) is 29.3 Å². The van der Waals surface area contributed by atoms with Gasteiger partial charge in [0.1, 0.15) is 5.75 Å². The molecule has 5 nitrogen and oxygen atoms in total. The molecule has 5 heteroatoms. The van der Waals surface area contributed by atoms with Crippen LogP contribution in [0.1, 0.15) is 12.7 Å². The van der Waals surface area contributed by atoms with Gasteiger partial charge in [-0.2, -0.15) is 9.50 Å². The minimum Gasteiger partial charge on any atom is -0.497 e. The summed E-state index contributed by atoms with van der Waals surface area (Å²) in [6, 6.07) is 9.79. The second-order valence-electron chi connectivity index (χ2n) is 4.15. The van der Waals surface area contributed by atoms with E-state index in [0.29, 0.717) is 5.78 Å². The maximum Gasteiger partial charge on any atom is 0.252 e. The third kappa shape index (κ3) is 2.03. The van der Waals surface area contributed by atoms with Crippen LogP contribution < -0.4 is 4.74 Å². The molecule has 0 saturated carbocycles. The third-order valence-corrected chi connectivity index (χ3v) is 2.99. The molecule has 0 radical (unpaired) electrons. The molecule has 3 rings (SSSR count). The molecule has 0 aliphatic heterocycles. The average molecular weight is 254 g/mol. The first-order chi connectivity index (χ1) is 9.31. The van der Waals surface area contributed by atoms with Crippen LogP contribution >= 0.6 is 0 Å². The van der Waals surface area contributed by atoms with E-state index in [9.17, 15) is 0 Å². The van der Waals surface area contributed by atoms with Crippen LogP contribution in [-0.2, 0) is 6.42 Å². The van der Waals surface area contributed by atoms with Gasteiger partial charge in [0.25, 0.3) is 5.78 Å². The predicted octanol–water partition coefficient (Wildman–Crippen LogP) is 2.36. The van der Waals surface area contributed by atoms with Crippen LogP contribution in [0.25, 0.3) is 17.0 Å². The number of ether oxygens (including phenoxy) is 1. The minimum atomic E-state index is 0.630. The molecule has 0 amide bonds. The van der Waals surface area contributed by atoms with Gasteiger partial charge < -0.3 is 4.74 Å². The summed E-state index contributed by atoms with van der Waals surface area (Å²) in [4.78, 5) is 8.60. The molecule has 3 aromatic rings. The summed E-state index contributed by atoms with van der Waals surface area (Å²) < 4.78 is 6.95. The van der Waals surface area contributed by atoms with E-state index >= 15 is 0 Å². The van der Waals surface area contributed by atoms with Crippen LogP contribution in [0.15, 0.2) is 36.5 Å². The van der Waals surface area contributed by atoms with Crippen LogP contribution in [0.4, 0.5) is 0 Å². The highest BCUT2D eigenvalue weighted by Gasteiger charge is 2.08. The summed E-state index contributed by atoms with van der Waals surface area (Å²) in [6.07, 6.45) is 2.55. The Morgan fingerprint density at radius 3 is 2.63 bits per heavy atom. The summed E-state index contributed by atoms with van der Waals surface area (Å²) in [5.74, 6) is 2.26. The van der Waals surface area contributed by atoms with Gasteiger partial charge in [-0.25, -0.2) is 4.98 Å². The zero-order chi connectivity index (χ0) is 13.2. The fraction of sp³-hybridized carbons (Fsp3) is 0.214. The Balaban J connectivity index is 2.15. The summed E-state index contributed by atoms with van der Waals surface area (Å²) in [5.41, 5.74) is 2.03. The standard InChI is InChI=1S/C14H14N4O/c1-3-13-16-14-15-9-8-12(18(14)17-13)10-4-6-11(19-2)7-5-10/h4-9H,3H2,1-2H3. The molecule has 19 heavy (non-hydrogen) atoms. The van der Waals surface area contributed by atoms with E-state index in [1.54, 1.807) is 17.8 Å². The van der Waals surface area contributed by atoms with Crippen LogP contribution in [0.2, 0.25) is 0 Å². The van der Waals surface area contributed by atoms with Gasteiger partial charge in [0, 0.05) is 18.2 Å². The Morgan fingerprint density at radius 2 is 1.95 bits per heavy atom. The monoisotopic (exact) mass is 254 g/mol. The SMILES string of the molecule is CCc1nc2nccc(-c3ccc(OC)cc3)n2n1. The quantitative estimate of drug-likeness (QED) is 0.720. The van der Waals surface area contributed by atoms with Crippen molar-refractivity contribution in [3.05, 3.63) is 42.4 Å². The lowest BCUT2D eigenvalue weighted by Gasteiger charge is -2.04. The molecule has 1 aromatic carbocycles. The fourth-order valence-electron chi connectivity index (χ4n) is 1.97. The number of hydrogen-bond acceptors (Lipinski definition) is 4. The van der Waals surface area contributed by atoms with Gasteiger partial charge in [0.05, 0.1) is 12.8 Å². The van der Waals surface area contributed by atoms with Crippen molar-refractivity contribution in [2.45, 2.75) is 13.3 Å². The van der Waals surface area contributed by atoms with E-state index in [4.69, 9.17) is 4.74 Å². The van der Waals surface area contributed by atoms with Crippen LogP contribution in [-0.4, -0.2) is 26.7 Å². The Bertz CT molecular complexity index is 703. The molecule has 0 aliphatic carbocycles. The van der Waals surface area contributed by atoms with Crippen LogP contribution in [0.3, 0.4) is 0 Å². The first-order valence-electron chi connectivity index (χ1n) is 6.17. The predicted molar refractivity (Wildman–Crippen MR) is 72.1 cm³/mol. The van der Waals surface area contributed by atoms with Crippen molar-refractivity contribution < 1.29 is 4.74 Å². The Hall–Kier alpha value is -2.43. The minimum absolute atomic E-state index is 0.630. The molecule has 0 fully saturated rings. The molecular formula is C14H14N4O. The second-order valence-corrected chi connectivity index (χ2v) is 4.15. The number of nitrogens with zero attached hydrogens (tertiary/aromatic N) is 4. The van der Waals surface area contributed by atoms with Gasteiger partial charge >= 0.3 is 0 Å². The number of aromatic nitrogens is 4. The molecule has 96 valence electrons. The number of fused-ring (bicyclic) bond motifs is 1. The van der Waals surface area contributed by atoms with Crippen molar-refractivity contribution in [1.29, 1.82) is 0 Å². The summed E-state index contributed by atoms with van der Waals surface area (Å²) in [7, 11) is 1.66. The Kier molecular flexibility index (Phi) is 2.87. The maximum absolute atomic E-state index is 5.17. The maximum atomic E-state index is 5.17. The molecule has 0 saturated heterocycles. The van der Waals surface area contributed by atoms with E-state index in [1.165, 1.54) is 0 Å². The average Bonchev–Trinajstić information content (AvgIpc) is 2.90. The lowest BCUT2D eigenvalue weighted by molar-refractivity contribution is 0.415. The summed E-state index contributed by atoms with van der Waals surface area (Å²) in [5, 5.41) is 4.46. The highest BCUT2D eigenvalue weighted by atomic mass is 16.5. The normalized spacial score (nSPS) is 10.8. The third-order valence-electron chi connectivity index (χ3n) is 2.99. The molecule has 2 heterocycles. The van der Waals surface area contributed by atoms with E-state index in [1.807, 2.05) is 37.3 Å². The molecule has 0 atom stereocenters. The zero-order valence-corrected chi connectivity index (χ0v) is 10.9. The van der Waals surface area contributed by atoms with Crippen LogP contribution in [0, 0.1) is 0 Å². The van der Waals surface area contributed by atoms with E-state index in [-0.39, 0.29) is 0 Å². The fourth-order valence-corrected chi connectivity index (χ4v) is 1.97. The van der Waals surface area contributed by atoms with Gasteiger partial charge in [-0.15, -0.1) is 5.10 Å². The smallest absolute Gasteiger partial charge is 0.252 e. The largest absolute Gasteiger partial charge is 0.497 e. The number of rotatable bonds is 3. The van der Waals surface area contributed by atoms with E-state index < -0.39 is 0 Å². The molecule has 0 bridgehead atoms. The molecule has 0 unspecified atom stereocenters. The number of hydrogen-bond donors (Lipinski definition) is 0. The van der Waals surface area contributed by atoms with Crippen molar-refractivity contribution in [1.82, 2.24) is 19.6 Å². The van der Waals surface area contributed by atoms with Gasteiger partial charge in [0.2, 0.25) is 0 Å². The molecule has 0 spiro atoms. The molecule has 0 N–H and O–H groups in total. The Labute approximate surface area is 110 Å². The van der Waals surface area contributed by atoms with Gasteiger partial charge in [-0.3, -0.25) is 0 Å². The number of aryl methyl sites for hydroxylation is 1. The topological polar surface area (TPSA) is 52.3 Å². The first-order valence-corrected chi connectivity index (χ1v) is 6.17. The van der Waals surface area contributed by atoms with Crippen molar-refractivity contribution >= 4 is 5.78 Å². The molecule has 0 aliphatic rings. The van der Waals surface area contributed by atoms with Crippen molar-refractivity contribution in [2.24, 2.45) is 0 Å². The summed E-state index contributed by atoms with van der Waals surface area (Å²) in [6.45, 7) is 2.03. The summed E-state index contributed by atoms with van der Waals surface area (Å²) >= 11 is 0. The number of benzene rings is 1. The number of methoxy groups -OCH3 is 1. The molecular weight excluding hydrogens is 240 g/mol. The van der Waals surface area contributed by atoms with E-state index in [2.05, 4.69) is 15.1 Å². The van der Waals surface area contributed by atoms with Crippen molar-refractivity contribution in [2.75, 3.05) is 7.11 Å². The van der Waals surface area contributed by atoms with Gasteiger partial charge in [0.15, 0.2) is 5.82 Å². The second kappa shape index (κ2) is 4.68. The zero-order valence-electron chi connectivity index (χ0n) is 10.9. The van der Waals surface area contributed by atoms with Crippen molar-refractivity contribution in [3.8, 4) is 17.0 Å². The van der Waals surface area contributed by atoms with Gasteiger partial charge in [-0.05, 0) is 30.3 Å². The lowest BCUT2D eigenvalue weighted by atomic mass is 10.1. The lowest BCUT2D eigenvalue weighted by Crippen LogP contribution is -1.96. The highest BCUT2D eigenvalue weighted by molar-refractivity contribution is 5.62. The van der Waals surface area contributed by atoms with Crippen molar-refractivity contribution in [3.63, 3.8) is 0 Å². The van der Waals surface area contributed by atoms with Gasteiger partial charge in [-0.1, -0.05) is 6.92 Å². The highest BCUT2D eigenvalue weighted by Crippen LogP contribution is 2.22. The first kappa shape index (κ1) is 11.6. The molecule has 2 aromatic heterocycles. The van der Waals surface area contributed by atoms with Crippen LogP contribution in [0.5, 0.6) is 5.75 Å².